The zero-order chi connectivity index (χ0) is 21.1. The molecule has 2 atom stereocenters. The summed E-state index contributed by atoms with van der Waals surface area (Å²) in [6, 6.07) is 23.2. The lowest BCUT2D eigenvalue weighted by atomic mass is 9.67. The van der Waals surface area contributed by atoms with Crippen LogP contribution in [-0.2, 0) is 24.5 Å². The second-order valence-corrected chi connectivity index (χ2v) is 7.40. The summed E-state index contributed by atoms with van der Waals surface area (Å²) in [5.41, 5.74) is 0.395. The number of hydrogen-bond donors (Lipinski definition) is 0. The van der Waals surface area contributed by atoms with E-state index in [1.165, 1.54) is 0 Å². The van der Waals surface area contributed by atoms with E-state index in [1.54, 1.807) is 13.0 Å². The summed E-state index contributed by atoms with van der Waals surface area (Å²) in [5.74, 6) is -1.23. The van der Waals surface area contributed by atoms with E-state index in [2.05, 4.69) is 0 Å². The van der Waals surface area contributed by atoms with Gasteiger partial charge in [-0.15, -0.1) is 0 Å². The van der Waals surface area contributed by atoms with Crippen LogP contribution < -0.4 is 0 Å². The molecule has 0 saturated heterocycles. The molecule has 1 heterocycles. The van der Waals surface area contributed by atoms with Gasteiger partial charge in [0.25, 0.3) is 0 Å². The van der Waals surface area contributed by atoms with Crippen LogP contribution in [0.4, 0.5) is 0 Å². The summed E-state index contributed by atoms with van der Waals surface area (Å²) in [6.45, 7) is 3.91. The number of benzene rings is 3. The van der Waals surface area contributed by atoms with Gasteiger partial charge in [-0.05, 0) is 41.8 Å². The second-order valence-electron chi connectivity index (χ2n) is 7.40. The van der Waals surface area contributed by atoms with Crippen molar-refractivity contribution in [2.24, 2.45) is 5.92 Å². The van der Waals surface area contributed by atoms with Gasteiger partial charge in [-0.25, -0.2) is 0 Å². The van der Waals surface area contributed by atoms with Crippen molar-refractivity contribution in [3.63, 3.8) is 0 Å². The first-order chi connectivity index (χ1) is 14.6. The molecule has 0 amide bonds. The second kappa shape index (κ2) is 8.15. The summed E-state index contributed by atoms with van der Waals surface area (Å²) in [5, 5.41) is 2.13. The average molecular weight is 400 g/mol. The highest BCUT2D eigenvalue weighted by Crippen LogP contribution is 2.44. The molecule has 0 bridgehead atoms. The molecule has 3 aromatic carbocycles. The summed E-state index contributed by atoms with van der Waals surface area (Å²) in [6.07, 6.45) is 2.17. The van der Waals surface area contributed by atoms with Crippen molar-refractivity contribution in [3.05, 3.63) is 90.0 Å². The van der Waals surface area contributed by atoms with Gasteiger partial charge in [0, 0.05) is 5.56 Å². The van der Waals surface area contributed by atoms with Gasteiger partial charge in [-0.1, -0.05) is 73.7 Å². The molecule has 0 unspecified atom stereocenters. The van der Waals surface area contributed by atoms with Crippen LogP contribution in [0.1, 0.15) is 31.4 Å². The maximum Gasteiger partial charge on any atom is 0.323 e. The highest BCUT2D eigenvalue weighted by atomic mass is 16.5. The van der Waals surface area contributed by atoms with Crippen LogP contribution >= 0.6 is 0 Å². The Kier molecular flexibility index (Phi) is 5.40. The van der Waals surface area contributed by atoms with Crippen LogP contribution in [0.25, 0.3) is 16.5 Å². The van der Waals surface area contributed by atoms with Gasteiger partial charge in [-0.2, -0.15) is 0 Å². The standard InChI is InChI=1S/C26H24O4/c1-3-26(21-12-6-5-7-13-21)22(24(27)29-4-2)17-23(30-25(26)28)20-15-14-18-10-8-9-11-19(18)16-20/h5-17,22H,3-4H2,1-2H3/t22-,26+/m1/s1. The Morgan fingerprint density at radius 1 is 0.967 bits per heavy atom. The van der Waals surface area contributed by atoms with E-state index >= 15 is 0 Å². The monoisotopic (exact) mass is 400 g/mol. The molecule has 1 aliphatic rings. The number of cyclic esters (lactones) is 1. The molecule has 0 aliphatic carbocycles. The van der Waals surface area contributed by atoms with Crippen LogP contribution in [0.3, 0.4) is 0 Å². The molecule has 0 spiro atoms. The molecular formula is C26H24O4. The predicted octanol–water partition coefficient (Wildman–Crippen LogP) is 5.26. The van der Waals surface area contributed by atoms with E-state index in [-0.39, 0.29) is 6.61 Å². The molecule has 0 radical (unpaired) electrons. The molecule has 30 heavy (non-hydrogen) atoms. The molecular weight excluding hydrogens is 376 g/mol. The SMILES string of the molecule is CCOC(=O)[C@H]1C=C(c2ccc3ccccc3c2)OC(=O)[C@@]1(CC)c1ccccc1. The number of hydrogen-bond acceptors (Lipinski definition) is 4. The molecule has 1 aliphatic heterocycles. The smallest absolute Gasteiger partial charge is 0.323 e. The zero-order valence-electron chi connectivity index (χ0n) is 17.1. The maximum atomic E-state index is 13.4. The number of esters is 2. The zero-order valence-corrected chi connectivity index (χ0v) is 17.1. The minimum atomic E-state index is -1.12. The molecule has 4 heteroatoms. The first-order valence-corrected chi connectivity index (χ1v) is 10.3. The Bertz CT molecular complexity index is 1120. The number of carbonyl (C=O) groups excluding carboxylic acids is 2. The Hall–Kier alpha value is -3.40. The number of rotatable bonds is 5. The molecule has 0 aromatic heterocycles. The molecule has 0 saturated carbocycles. The predicted molar refractivity (Wildman–Crippen MR) is 117 cm³/mol. The largest absolute Gasteiger partial charge is 0.465 e. The van der Waals surface area contributed by atoms with Crippen molar-refractivity contribution >= 4 is 28.5 Å². The van der Waals surface area contributed by atoms with E-state index in [0.29, 0.717) is 12.2 Å². The van der Waals surface area contributed by atoms with Gasteiger partial charge in [0.05, 0.1) is 12.5 Å². The summed E-state index contributed by atoms with van der Waals surface area (Å²) in [7, 11) is 0. The summed E-state index contributed by atoms with van der Waals surface area (Å²) in [4.78, 5) is 26.4. The lowest BCUT2D eigenvalue weighted by molar-refractivity contribution is -0.159. The Morgan fingerprint density at radius 3 is 2.37 bits per heavy atom. The lowest BCUT2D eigenvalue weighted by Crippen LogP contribution is -2.49. The highest BCUT2D eigenvalue weighted by molar-refractivity contribution is 5.98. The van der Waals surface area contributed by atoms with E-state index < -0.39 is 23.3 Å². The van der Waals surface area contributed by atoms with Gasteiger partial charge in [0.2, 0.25) is 0 Å². The summed E-state index contributed by atoms with van der Waals surface area (Å²) >= 11 is 0. The van der Waals surface area contributed by atoms with Crippen molar-refractivity contribution < 1.29 is 19.1 Å². The minimum Gasteiger partial charge on any atom is -0.465 e. The van der Waals surface area contributed by atoms with Crippen LogP contribution in [0.2, 0.25) is 0 Å². The Balaban J connectivity index is 1.86. The fourth-order valence-electron chi connectivity index (χ4n) is 4.25. The molecule has 3 aromatic rings. The lowest BCUT2D eigenvalue weighted by Gasteiger charge is -2.39. The quantitative estimate of drug-likeness (QED) is 0.548. The van der Waals surface area contributed by atoms with Crippen molar-refractivity contribution in [2.45, 2.75) is 25.7 Å². The highest BCUT2D eigenvalue weighted by Gasteiger charge is 2.53. The molecule has 0 fully saturated rings. The van der Waals surface area contributed by atoms with Crippen LogP contribution in [0.15, 0.2) is 78.9 Å². The minimum absolute atomic E-state index is 0.248. The van der Waals surface area contributed by atoms with Gasteiger partial charge in [-0.3, -0.25) is 9.59 Å². The van der Waals surface area contributed by atoms with E-state index in [1.807, 2.05) is 79.7 Å². The van der Waals surface area contributed by atoms with Gasteiger partial charge < -0.3 is 9.47 Å². The molecule has 4 nitrogen and oxygen atoms in total. The van der Waals surface area contributed by atoms with E-state index in [0.717, 1.165) is 21.9 Å². The van der Waals surface area contributed by atoms with Crippen molar-refractivity contribution in [1.29, 1.82) is 0 Å². The first-order valence-electron chi connectivity index (χ1n) is 10.3. The van der Waals surface area contributed by atoms with E-state index in [9.17, 15) is 9.59 Å². The molecule has 4 rings (SSSR count). The van der Waals surface area contributed by atoms with E-state index in [4.69, 9.17) is 9.47 Å². The van der Waals surface area contributed by atoms with Gasteiger partial charge in [0.15, 0.2) is 0 Å². The van der Waals surface area contributed by atoms with Crippen molar-refractivity contribution in [3.8, 4) is 0 Å². The van der Waals surface area contributed by atoms with Crippen molar-refractivity contribution in [1.82, 2.24) is 0 Å². The maximum absolute atomic E-state index is 13.4. The number of fused-ring (bicyclic) bond motifs is 1. The van der Waals surface area contributed by atoms with Crippen LogP contribution in [0, 0.1) is 5.92 Å². The first kappa shape index (κ1) is 19.9. The average Bonchev–Trinajstić information content (AvgIpc) is 2.79. The normalized spacial score (nSPS) is 21.1. The van der Waals surface area contributed by atoms with Crippen molar-refractivity contribution in [2.75, 3.05) is 6.61 Å². The topological polar surface area (TPSA) is 52.6 Å². The summed E-state index contributed by atoms with van der Waals surface area (Å²) < 4.78 is 11.2. The molecule has 152 valence electrons. The third-order valence-corrected chi connectivity index (χ3v) is 5.84. The van der Waals surface area contributed by atoms with Crippen LogP contribution in [0.5, 0.6) is 0 Å². The fraction of sp³-hybridized carbons (Fsp3) is 0.231. The fourth-order valence-corrected chi connectivity index (χ4v) is 4.25. The van der Waals surface area contributed by atoms with Gasteiger partial charge >= 0.3 is 11.9 Å². The third-order valence-electron chi connectivity index (χ3n) is 5.84. The Morgan fingerprint density at radius 2 is 1.67 bits per heavy atom. The number of carbonyl (C=O) groups is 2. The Labute approximate surface area is 176 Å². The number of ether oxygens (including phenoxy) is 2. The van der Waals surface area contributed by atoms with Crippen LogP contribution in [-0.4, -0.2) is 18.5 Å². The van der Waals surface area contributed by atoms with Gasteiger partial charge in [0.1, 0.15) is 11.2 Å². The molecule has 0 N–H and O–H groups in total. The third kappa shape index (κ3) is 3.28.